The summed E-state index contributed by atoms with van der Waals surface area (Å²) in [7, 11) is 0. The molecule has 10 heteroatoms. The van der Waals surface area contributed by atoms with Crippen LogP contribution in [0.5, 0.6) is 0 Å². The number of carbonyl (C=O) groups is 4. The minimum Gasteiger partial charge on any atom is -0.352 e. The maximum atomic E-state index is 12.9. The third-order valence-electron chi connectivity index (χ3n) is 6.52. The molecule has 0 spiro atoms. The molecule has 0 aromatic heterocycles. The van der Waals surface area contributed by atoms with Crippen molar-refractivity contribution >= 4 is 35.3 Å². The van der Waals surface area contributed by atoms with Gasteiger partial charge in [0, 0.05) is 62.5 Å². The van der Waals surface area contributed by atoms with Gasteiger partial charge in [-0.25, -0.2) is 9.59 Å². The second-order valence-electron chi connectivity index (χ2n) is 9.30. The van der Waals surface area contributed by atoms with Crippen LogP contribution in [0.15, 0.2) is 18.2 Å². The molecular weight excluding hydrogens is 448 g/mol. The highest BCUT2D eigenvalue weighted by Crippen LogP contribution is 2.22. The number of urea groups is 2. The van der Waals surface area contributed by atoms with E-state index in [0.717, 1.165) is 31.2 Å². The van der Waals surface area contributed by atoms with E-state index in [1.165, 1.54) is 0 Å². The van der Waals surface area contributed by atoms with Crippen LogP contribution >= 0.6 is 0 Å². The Labute approximate surface area is 207 Å². The fraction of sp³-hybridized carbons (Fsp3) is 0.600. The molecule has 2 unspecified atom stereocenters. The van der Waals surface area contributed by atoms with E-state index >= 15 is 0 Å². The van der Waals surface area contributed by atoms with Crippen LogP contribution in [0.2, 0.25) is 0 Å². The number of hydrogen-bond donors (Lipinski definition) is 4. The van der Waals surface area contributed by atoms with Crippen LogP contribution in [0.25, 0.3) is 0 Å². The fourth-order valence-electron chi connectivity index (χ4n) is 4.45. The molecule has 1 aromatic rings. The summed E-state index contributed by atoms with van der Waals surface area (Å²) in [6.07, 6.45) is 4.21. The summed E-state index contributed by atoms with van der Waals surface area (Å²) in [6.45, 7) is 7.72. The highest BCUT2D eigenvalue weighted by Gasteiger charge is 2.26. The molecule has 2 aliphatic rings. The third-order valence-corrected chi connectivity index (χ3v) is 6.52. The van der Waals surface area contributed by atoms with Crippen LogP contribution in [-0.4, -0.2) is 71.9 Å². The number of rotatable bonds is 6. The van der Waals surface area contributed by atoms with Gasteiger partial charge in [0.1, 0.15) is 0 Å². The average molecular weight is 487 g/mol. The Morgan fingerprint density at radius 3 is 1.86 bits per heavy atom. The molecule has 192 valence electrons. The van der Waals surface area contributed by atoms with E-state index in [1.54, 1.807) is 21.9 Å². The van der Waals surface area contributed by atoms with Gasteiger partial charge in [-0.15, -0.1) is 0 Å². The molecule has 2 fully saturated rings. The van der Waals surface area contributed by atoms with E-state index in [4.69, 9.17) is 0 Å². The first-order chi connectivity index (χ1) is 16.8. The Hall–Kier alpha value is -3.30. The van der Waals surface area contributed by atoms with Gasteiger partial charge in [-0.2, -0.15) is 0 Å². The summed E-state index contributed by atoms with van der Waals surface area (Å²) in [4.78, 5) is 52.6. The van der Waals surface area contributed by atoms with Crippen LogP contribution in [0.4, 0.5) is 21.0 Å². The zero-order valence-corrected chi connectivity index (χ0v) is 21.0. The van der Waals surface area contributed by atoms with Crippen molar-refractivity contribution in [3.8, 4) is 0 Å². The number of nitrogens with zero attached hydrogens (tertiary/aromatic N) is 2. The largest absolute Gasteiger partial charge is 0.352 e. The second-order valence-corrected chi connectivity index (χ2v) is 9.30. The first-order valence-electron chi connectivity index (χ1n) is 12.6. The number of anilines is 2. The quantitative estimate of drug-likeness (QED) is 0.494. The van der Waals surface area contributed by atoms with Gasteiger partial charge in [0.05, 0.1) is 0 Å². The van der Waals surface area contributed by atoms with Gasteiger partial charge in [-0.05, 0) is 50.3 Å². The standard InChI is InChI=1S/C25H38N6O4/c1-4-22(32)26-19-8-6-12-30(15-19)24(34)28-18-11-10-17(3)21(14-18)29-25(35)31-13-7-9-20(16-31)27-23(33)5-2/h10-11,14,19-20H,4-9,12-13,15-16H2,1-3H3,(H,26,32)(H,27,33)(H,28,34)(H,29,35). The van der Waals surface area contributed by atoms with E-state index in [9.17, 15) is 19.2 Å². The summed E-state index contributed by atoms with van der Waals surface area (Å²) in [5, 5.41) is 11.8. The zero-order valence-electron chi connectivity index (χ0n) is 21.0. The van der Waals surface area contributed by atoms with Crippen LogP contribution in [0, 0.1) is 6.92 Å². The van der Waals surface area contributed by atoms with Gasteiger partial charge < -0.3 is 31.1 Å². The van der Waals surface area contributed by atoms with E-state index in [1.807, 2.05) is 26.8 Å². The van der Waals surface area contributed by atoms with E-state index in [-0.39, 0.29) is 36.0 Å². The average Bonchev–Trinajstić information content (AvgIpc) is 2.86. The molecule has 6 amide bonds. The molecule has 2 atom stereocenters. The van der Waals surface area contributed by atoms with E-state index in [2.05, 4.69) is 21.3 Å². The number of carbonyl (C=O) groups excluding carboxylic acids is 4. The normalized spacial score (nSPS) is 20.1. The molecule has 0 bridgehead atoms. The maximum absolute atomic E-state index is 12.9. The van der Waals surface area contributed by atoms with Crippen molar-refractivity contribution in [3.63, 3.8) is 0 Å². The molecule has 0 radical (unpaired) electrons. The van der Waals surface area contributed by atoms with Gasteiger partial charge in [-0.1, -0.05) is 19.9 Å². The third kappa shape index (κ3) is 7.60. The first kappa shape index (κ1) is 26.3. The van der Waals surface area contributed by atoms with Crippen molar-refractivity contribution in [1.29, 1.82) is 0 Å². The molecular formula is C25H38N6O4. The highest BCUT2D eigenvalue weighted by atomic mass is 16.2. The Balaban J connectivity index is 1.58. The second kappa shape index (κ2) is 12.4. The Morgan fingerprint density at radius 1 is 0.829 bits per heavy atom. The van der Waals surface area contributed by atoms with E-state index in [0.29, 0.717) is 50.4 Å². The number of piperidine rings is 2. The maximum Gasteiger partial charge on any atom is 0.321 e. The minimum absolute atomic E-state index is 0.00989. The molecule has 1 aromatic carbocycles. The molecule has 4 N–H and O–H groups in total. The van der Waals surface area contributed by atoms with Crippen molar-refractivity contribution in [2.45, 2.75) is 71.4 Å². The molecule has 0 aliphatic carbocycles. The van der Waals surface area contributed by atoms with E-state index < -0.39 is 0 Å². The SMILES string of the molecule is CCC(=O)NC1CCCN(C(=O)Nc2ccc(C)c(NC(=O)N3CCCC(NC(=O)CC)C3)c2)C1. The summed E-state index contributed by atoms with van der Waals surface area (Å²) >= 11 is 0. The fourth-order valence-corrected chi connectivity index (χ4v) is 4.45. The lowest BCUT2D eigenvalue weighted by molar-refractivity contribution is -0.122. The molecule has 10 nitrogen and oxygen atoms in total. The van der Waals surface area contributed by atoms with Crippen molar-refractivity contribution < 1.29 is 19.2 Å². The predicted molar refractivity (Wildman–Crippen MR) is 135 cm³/mol. The lowest BCUT2D eigenvalue weighted by atomic mass is 10.1. The minimum atomic E-state index is -0.230. The van der Waals surface area contributed by atoms with Gasteiger partial charge in [0.2, 0.25) is 11.8 Å². The van der Waals surface area contributed by atoms with Crippen molar-refractivity contribution in [3.05, 3.63) is 23.8 Å². The number of likely N-dealkylation sites (tertiary alicyclic amines) is 2. The monoisotopic (exact) mass is 486 g/mol. The predicted octanol–water partition coefficient (Wildman–Crippen LogP) is 3.04. The Kier molecular flexibility index (Phi) is 9.33. The summed E-state index contributed by atoms with van der Waals surface area (Å²) in [5.74, 6) is -0.0201. The van der Waals surface area contributed by atoms with Crippen LogP contribution in [0.1, 0.15) is 57.9 Å². The van der Waals surface area contributed by atoms with Gasteiger partial charge in [0.25, 0.3) is 0 Å². The summed E-state index contributed by atoms with van der Waals surface area (Å²) < 4.78 is 0. The van der Waals surface area contributed by atoms with Gasteiger partial charge in [-0.3, -0.25) is 9.59 Å². The molecule has 2 aliphatic heterocycles. The highest BCUT2D eigenvalue weighted by molar-refractivity contribution is 5.93. The van der Waals surface area contributed by atoms with Crippen molar-refractivity contribution in [1.82, 2.24) is 20.4 Å². The molecule has 3 rings (SSSR count). The Bertz CT molecular complexity index is 937. The molecule has 0 saturated carbocycles. The number of nitrogens with one attached hydrogen (secondary N) is 4. The summed E-state index contributed by atoms with van der Waals surface area (Å²) in [5.41, 5.74) is 2.09. The summed E-state index contributed by atoms with van der Waals surface area (Å²) in [6, 6.07) is 4.89. The molecule has 2 heterocycles. The smallest absolute Gasteiger partial charge is 0.321 e. The Morgan fingerprint density at radius 2 is 1.34 bits per heavy atom. The lowest BCUT2D eigenvalue weighted by Crippen LogP contribution is -2.50. The lowest BCUT2D eigenvalue weighted by Gasteiger charge is -2.33. The van der Waals surface area contributed by atoms with Crippen LogP contribution < -0.4 is 21.3 Å². The number of aryl methyl sites for hydroxylation is 1. The molecule has 2 saturated heterocycles. The van der Waals surface area contributed by atoms with Gasteiger partial charge in [0.15, 0.2) is 0 Å². The first-order valence-corrected chi connectivity index (χ1v) is 12.6. The molecule has 35 heavy (non-hydrogen) atoms. The van der Waals surface area contributed by atoms with Gasteiger partial charge >= 0.3 is 12.1 Å². The van der Waals surface area contributed by atoms with Crippen LogP contribution in [-0.2, 0) is 9.59 Å². The number of benzene rings is 1. The zero-order chi connectivity index (χ0) is 25.4. The number of hydrogen-bond acceptors (Lipinski definition) is 4. The van der Waals surface area contributed by atoms with Crippen LogP contribution in [0.3, 0.4) is 0 Å². The topological polar surface area (TPSA) is 123 Å². The number of amides is 6. The van der Waals surface area contributed by atoms with Crippen molar-refractivity contribution in [2.75, 3.05) is 36.8 Å². The van der Waals surface area contributed by atoms with Crippen molar-refractivity contribution in [2.24, 2.45) is 0 Å².